The zero-order valence-corrected chi connectivity index (χ0v) is 26.0. The van der Waals surface area contributed by atoms with Crippen LogP contribution in [0.3, 0.4) is 0 Å². The molecule has 0 aliphatic heterocycles. The molecule has 0 saturated heterocycles. The van der Waals surface area contributed by atoms with Crippen LogP contribution in [0.15, 0.2) is 34.5 Å². The molecule has 0 spiro atoms. The lowest BCUT2D eigenvalue weighted by molar-refractivity contribution is 0.0237. The highest BCUT2D eigenvalue weighted by Gasteiger charge is 2.66. The molecule has 4 atom stereocenters. The minimum atomic E-state index is -3.64. The van der Waals surface area contributed by atoms with Crippen molar-refractivity contribution in [1.29, 1.82) is 0 Å². The van der Waals surface area contributed by atoms with E-state index in [0.29, 0.717) is 11.6 Å². The summed E-state index contributed by atoms with van der Waals surface area (Å²) < 4.78 is 40.2. The molecule has 3 fully saturated rings. The smallest absolute Gasteiger partial charge is 0.252 e. The molecule has 0 aromatic heterocycles. The van der Waals surface area contributed by atoms with Gasteiger partial charge in [-0.25, -0.2) is 8.42 Å². The Morgan fingerprint density at radius 2 is 1.69 bits per heavy atom. The highest BCUT2D eigenvalue weighted by Crippen LogP contribution is 2.68. The Bertz CT molecular complexity index is 1090. The van der Waals surface area contributed by atoms with Crippen molar-refractivity contribution in [3.05, 3.63) is 30.3 Å². The molecule has 1 aromatic rings. The Morgan fingerprint density at radius 3 is 2.23 bits per heavy atom. The molecule has 4 rings (SSSR count). The SMILES string of the molecule is CC1(C)[C@@H]2CC[C@@]1(CS(=O)(=O)N=P(C)(c1ccccc1)C1CCCC1)[C@H](O[Si](C)(C)C(C)(C)C)C2. The van der Waals surface area contributed by atoms with E-state index in [1.807, 2.05) is 18.2 Å². The van der Waals surface area contributed by atoms with Gasteiger partial charge in [-0.3, -0.25) is 0 Å². The summed E-state index contributed by atoms with van der Waals surface area (Å²) in [5.74, 6) is 0.662. The quantitative estimate of drug-likeness (QED) is 0.265. The second-order valence-corrected chi connectivity index (χ2v) is 24.0. The Morgan fingerprint density at radius 1 is 1.09 bits per heavy atom. The van der Waals surface area contributed by atoms with E-state index in [1.54, 1.807) is 0 Å². The summed E-state index contributed by atoms with van der Waals surface area (Å²) in [6, 6.07) is 10.3. The molecule has 3 saturated carbocycles. The molecule has 35 heavy (non-hydrogen) atoms. The van der Waals surface area contributed by atoms with Crippen molar-refractivity contribution in [2.24, 2.45) is 20.9 Å². The zero-order chi connectivity index (χ0) is 25.9. The molecule has 4 nitrogen and oxygen atoms in total. The third-order valence-electron chi connectivity index (χ3n) is 10.6. The predicted molar refractivity (Wildman–Crippen MR) is 153 cm³/mol. The van der Waals surface area contributed by atoms with Crippen LogP contribution in [0.5, 0.6) is 0 Å². The first-order valence-corrected chi connectivity index (χ1v) is 20.4. The number of rotatable bonds is 7. The van der Waals surface area contributed by atoms with Gasteiger partial charge in [0.2, 0.25) is 0 Å². The van der Waals surface area contributed by atoms with E-state index in [9.17, 15) is 8.42 Å². The fraction of sp³-hybridized carbons (Fsp3) is 0.786. The van der Waals surface area contributed by atoms with E-state index in [4.69, 9.17) is 8.58 Å². The third kappa shape index (κ3) is 4.79. The van der Waals surface area contributed by atoms with Gasteiger partial charge in [0.1, 0.15) is 0 Å². The van der Waals surface area contributed by atoms with Gasteiger partial charge >= 0.3 is 0 Å². The molecule has 3 aliphatic rings. The summed E-state index contributed by atoms with van der Waals surface area (Å²) in [5, 5.41) is 1.24. The van der Waals surface area contributed by atoms with Gasteiger partial charge in [-0.2, -0.15) is 4.15 Å². The molecule has 3 aliphatic carbocycles. The van der Waals surface area contributed by atoms with Crippen molar-refractivity contribution in [3.8, 4) is 0 Å². The van der Waals surface area contributed by atoms with Gasteiger partial charge in [0.25, 0.3) is 10.0 Å². The topological polar surface area (TPSA) is 55.7 Å². The second kappa shape index (κ2) is 9.10. The van der Waals surface area contributed by atoms with Crippen LogP contribution in [0, 0.1) is 16.7 Å². The van der Waals surface area contributed by atoms with Crippen LogP contribution in [0.25, 0.3) is 0 Å². The number of nitrogens with zero attached hydrogens (tertiary/aromatic N) is 1. The highest BCUT2D eigenvalue weighted by atomic mass is 32.2. The molecular weight excluding hydrogens is 489 g/mol. The molecule has 1 aromatic carbocycles. The van der Waals surface area contributed by atoms with Crippen molar-refractivity contribution in [2.75, 3.05) is 12.4 Å². The molecule has 0 amide bonds. The molecular formula is C28H48NO3PSSi. The van der Waals surface area contributed by atoms with Crippen molar-refractivity contribution < 1.29 is 12.8 Å². The van der Waals surface area contributed by atoms with Crippen LogP contribution in [0.4, 0.5) is 0 Å². The Balaban J connectivity index is 1.75. The predicted octanol–water partition coefficient (Wildman–Crippen LogP) is 7.63. The van der Waals surface area contributed by atoms with Crippen LogP contribution < -0.4 is 5.30 Å². The van der Waals surface area contributed by atoms with Gasteiger partial charge < -0.3 is 4.43 Å². The lowest BCUT2D eigenvalue weighted by Crippen LogP contribution is -2.52. The summed E-state index contributed by atoms with van der Waals surface area (Å²) in [6.07, 6.45) is 7.59. The summed E-state index contributed by atoms with van der Waals surface area (Å²) in [5.41, 5.74) is -0.0334. The number of sulfonamides is 1. The first-order chi connectivity index (χ1) is 16.0. The lowest BCUT2D eigenvalue weighted by Gasteiger charge is -2.47. The Labute approximate surface area is 216 Å². The zero-order valence-electron chi connectivity index (χ0n) is 23.3. The van der Waals surface area contributed by atoms with Crippen LogP contribution >= 0.6 is 7.05 Å². The molecule has 198 valence electrons. The summed E-state index contributed by atoms with van der Waals surface area (Å²) in [6.45, 7) is 18.2. The number of fused-ring (bicyclic) bond motifs is 2. The average Bonchev–Trinajstić information content (AvgIpc) is 3.40. The number of hydrogen-bond donors (Lipinski definition) is 0. The van der Waals surface area contributed by atoms with E-state index >= 15 is 0 Å². The first-order valence-electron chi connectivity index (χ1n) is 13.6. The third-order valence-corrected chi connectivity index (χ3v) is 21.6. The van der Waals surface area contributed by atoms with Crippen molar-refractivity contribution in [1.82, 2.24) is 0 Å². The van der Waals surface area contributed by atoms with E-state index in [0.717, 1.165) is 37.4 Å². The molecule has 2 bridgehead atoms. The van der Waals surface area contributed by atoms with Gasteiger partial charge in [-0.1, -0.05) is 77.8 Å². The summed E-state index contributed by atoms with van der Waals surface area (Å²) in [4.78, 5) is 0. The van der Waals surface area contributed by atoms with E-state index in [2.05, 4.69) is 66.5 Å². The molecule has 0 heterocycles. The van der Waals surface area contributed by atoms with Gasteiger partial charge in [0.05, 0.1) is 11.9 Å². The number of hydrogen-bond acceptors (Lipinski definition) is 3. The number of benzene rings is 1. The van der Waals surface area contributed by atoms with Crippen LogP contribution in [-0.2, 0) is 14.4 Å². The maximum atomic E-state index is 14.1. The van der Waals surface area contributed by atoms with Crippen molar-refractivity contribution >= 4 is 30.7 Å². The Hall–Kier alpha value is -0.423. The average molecular weight is 538 g/mol. The minimum Gasteiger partial charge on any atom is -0.413 e. The van der Waals surface area contributed by atoms with E-state index < -0.39 is 25.4 Å². The molecule has 0 radical (unpaired) electrons. The van der Waals surface area contributed by atoms with Crippen LogP contribution in [0.2, 0.25) is 18.1 Å². The van der Waals surface area contributed by atoms with Gasteiger partial charge in [0, 0.05) is 12.5 Å². The standard InChI is InChI=1S/C28H48NO3PSSi/c1-26(2,3)35(7,8)32-25-20-22-18-19-28(25,27(22,4)5)21-34(30,31)29-33(6,24-16-12-13-17-24)23-14-10-9-11-15-23/h9-11,14-15,22,24-25H,12-13,16-21H2,1-8H3/t22-,25-,28-,33?/m1/s1. The fourth-order valence-electron chi connectivity index (χ4n) is 7.11. The van der Waals surface area contributed by atoms with Gasteiger partial charge in [0.15, 0.2) is 8.32 Å². The van der Waals surface area contributed by atoms with Gasteiger partial charge in [-0.05, 0) is 79.2 Å². The second-order valence-electron chi connectivity index (χ2n) is 13.8. The maximum Gasteiger partial charge on any atom is 0.252 e. The monoisotopic (exact) mass is 537 g/mol. The summed E-state index contributed by atoms with van der Waals surface area (Å²) in [7, 11) is -7.87. The van der Waals surface area contributed by atoms with E-state index in [-0.39, 0.29) is 27.7 Å². The molecule has 0 N–H and O–H groups in total. The summed E-state index contributed by atoms with van der Waals surface area (Å²) >= 11 is 0. The minimum absolute atomic E-state index is 0.00918. The van der Waals surface area contributed by atoms with E-state index in [1.165, 1.54) is 12.8 Å². The van der Waals surface area contributed by atoms with Gasteiger partial charge in [-0.15, -0.1) is 0 Å². The van der Waals surface area contributed by atoms with Crippen LogP contribution in [0.1, 0.15) is 79.6 Å². The molecule has 1 unspecified atom stereocenters. The lowest BCUT2D eigenvalue weighted by atomic mass is 9.70. The Kier molecular flexibility index (Phi) is 7.18. The fourth-order valence-corrected chi connectivity index (χ4v) is 15.6. The van der Waals surface area contributed by atoms with Crippen molar-refractivity contribution in [2.45, 2.75) is 109 Å². The van der Waals surface area contributed by atoms with Crippen molar-refractivity contribution in [3.63, 3.8) is 0 Å². The van der Waals surface area contributed by atoms with Crippen LogP contribution in [-0.4, -0.2) is 40.9 Å². The first kappa shape index (κ1) is 27.6. The highest BCUT2D eigenvalue weighted by molar-refractivity contribution is 7.95. The largest absolute Gasteiger partial charge is 0.413 e. The normalized spacial score (nSPS) is 31.0. The molecule has 7 heteroatoms. The maximum absolute atomic E-state index is 14.1.